The molecule has 0 atom stereocenters. The minimum Gasteiger partial charge on any atom is -0.449 e. The molecule has 14 heavy (non-hydrogen) atoms. The van der Waals surface area contributed by atoms with Gasteiger partial charge in [-0.2, -0.15) is 0 Å². The Balaban J connectivity index is 2.28. The van der Waals surface area contributed by atoms with E-state index < -0.39 is 0 Å². The van der Waals surface area contributed by atoms with E-state index in [1.807, 2.05) is 20.9 Å². The van der Waals surface area contributed by atoms with E-state index in [0.717, 1.165) is 12.8 Å². The van der Waals surface area contributed by atoms with Gasteiger partial charge in [0.15, 0.2) is 0 Å². The SMILES string of the molecule is CC(C)COC(=O)N(C)C1CCCC1. The maximum Gasteiger partial charge on any atom is 0.409 e. The lowest BCUT2D eigenvalue weighted by Crippen LogP contribution is -2.36. The highest BCUT2D eigenvalue weighted by Crippen LogP contribution is 2.22. The number of rotatable bonds is 3. The zero-order valence-corrected chi connectivity index (χ0v) is 9.45. The number of ether oxygens (including phenoxy) is 1. The molecule has 1 fully saturated rings. The first-order valence-electron chi connectivity index (χ1n) is 5.51. The molecule has 3 nitrogen and oxygen atoms in total. The first kappa shape index (κ1) is 11.3. The Labute approximate surface area is 86.4 Å². The van der Waals surface area contributed by atoms with Crippen LogP contribution >= 0.6 is 0 Å². The summed E-state index contributed by atoms with van der Waals surface area (Å²) in [6.45, 7) is 4.61. The second-order valence-corrected chi connectivity index (χ2v) is 4.52. The Morgan fingerprint density at radius 3 is 2.50 bits per heavy atom. The topological polar surface area (TPSA) is 29.5 Å². The summed E-state index contributed by atoms with van der Waals surface area (Å²) >= 11 is 0. The zero-order valence-electron chi connectivity index (χ0n) is 9.45. The number of carbonyl (C=O) groups excluding carboxylic acids is 1. The van der Waals surface area contributed by atoms with E-state index in [0.29, 0.717) is 18.6 Å². The molecule has 0 spiro atoms. The summed E-state index contributed by atoms with van der Waals surface area (Å²) in [4.78, 5) is 13.3. The fourth-order valence-corrected chi connectivity index (χ4v) is 1.78. The van der Waals surface area contributed by atoms with Crippen molar-refractivity contribution in [3.05, 3.63) is 0 Å². The van der Waals surface area contributed by atoms with E-state index in [1.165, 1.54) is 12.8 Å². The molecule has 0 saturated heterocycles. The quantitative estimate of drug-likeness (QED) is 0.699. The average Bonchev–Trinajstić information content (AvgIpc) is 2.65. The standard InChI is InChI=1S/C11H21NO2/c1-9(2)8-14-11(13)12(3)10-6-4-5-7-10/h9-10H,4-8H2,1-3H3. The lowest BCUT2D eigenvalue weighted by molar-refractivity contribution is 0.0879. The molecular formula is C11H21NO2. The number of hydrogen-bond acceptors (Lipinski definition) is 2. The number of hydrogen-bond donors (Lipinski definition) is 0. The molecule has 1 aliphatic carbocycles. The molecule has 1 saturated carbocycles. The second-order valence-electron chi connectivity index (χ2n) is 4.52. The average molecular weight is 199 g/mol. The summed E-state index contributed by atoms with van der Waals surface area (Å²) in [6.07, 6.45) is 4.59. The van der Waals surface area contributed by atoms with Crippen LogP contribution in [0.15, 0.2) is 0 Å². The molecule has 0 unspecified atom stereocenters. The second kappa shape index (κ2) is 5.23. The van der Waals surface area contributed by atoms with Crippen molar-refractivity contribution in [2.45, 2.75) is 45.6 Å². The molecule has 3 heteroatoms. The highest BCUT2D eigenvalue weighted by atomic mass is 16.6. The zero-order chi connectivity index (χ0) is 10.6. The smallest absolute Gasteiger partial charge is 0.409 e. The molecule has 1 rings (SSSR count). The van der Waals surface area contributed by atoms with Crippen LogP contribution in [-0.2, 0) is 4.74 Å². The van der Waals surface area contributed by atoms with Crippen molar-refractivity contribution < 1.29 is 9.53 Å². The molecule has 0 aromatic rings. The Morgan fingerprint density at radius 2 is 2.00 bits per heavy atom. The van der Waals surface area contributed by atoms with Crippen LogP contribution in [0.2, 0.25) is 0 Å². The van der Waals surface area contributed by atoms with Crippen molar-refractivity contribution in [3.63, 3.8) is 0 Å². The van der Waals surface area contributed by atoms with Crippen molar-refractivity contribution in [1.29, 1.82) is 0 Å². The monoisotopic (exact) mass is 199 g/mol. The van der Waals surface area contributed by atoms with Gasteiger partial charge in [0.25, 0.3) is 0 Å². The molecule has 1 aliphatic rings. The molecule has 0 aliphatic heterocycles. The summed E-state index contributed by atoms with van der Waals surface area (Å²) < 4.78 is 5.16. The Kier molecular flexibility index (Phi) is 4.23. The predicted molar refractivity (Wildman–Crippen MR) is 56.2 cm³/mol. The van der Waals surface area contributed by atoms with Gasteiger partial charge in [-0.25, -0.2) is 4.79 Å². The highest BCUT2D eigenvalue weighted by molar-refractivity contribution is 5.67. The van der Waals surface area contributed by atoms with Crippen LogP contribution < -0.4 is 0 Å². The lowest BCUT2D eigenvalue weighted by atomic mass is 10.2. The molecule has 0 aromatic carbocycles. The third kappa shape index (κ3) is 3.20. The van der Waals surface area contributed by atoms with E-state index >= 15 is 0 Å². The number of carbonyl (C=O) groups is 1. The van der Waals surface area contributed by atoms with Gasteiger partial charge in [-0.05, 0) is 18.8 Å². The molecule has 1 amide bonds. The fraction of sp³-hybridized carbons (Fsp3) is 0.909. The van der Waals surface area contributed by atoms with Crippen LogP contribution in [0.4, 0.5) is 4.79 Å². The molecular weight excluding hydrogens is 178 g/mol. The van der Waals surface area contributed by atoms with Gasteiger partial charge < -0.3 is 9.64 Å². The summed E-state index contributed by atoms with van der Waals surface area (Å²) in [5, 5.41) is 0. The van der Waals surface area contributed by atoms with Gasteiger partial charge in [-0.1, -0.05) is 26.7 Å². The van der Waals surface area contributed by atoms with Crippen molar-refractivity contribution in [2.75, 3.05) is 13.7 Å². The maximum absolute atomic E-state index is 11.5. The summed E-state index contributed by atoms with van der Waals surface area (Å²) in [6, 6.07) is 0.412. The van der Waals surface area contributed by atoms with Crippen LogP contribution in [-0.4, -0.2) is 30.7 Å². The molecule has 0 aromatic heterocycles. The summed E-state index contributed by atoms with van der Waals surface area (Å²) in [7, 11) is 1.85. The van der Waals surface area contributed by atoms with Crippen LogP contribution in [0.1, 0.15) is 39.5 Å². The van der Waals surface area contributed by atoms with E-state index in [-0.39, 0.29) is 6.09 Å². The van der Waals surface area contributed by atoms with Crippen molar-refractivity contribution >= 4 is 6.09 Å². The Bertz CT molecular complexity index is 186. The molecule has 82 valence electrons. The fourth-order valence-electron chi connectivity index (χ4n) is 1.78. The molecule has 0 radical (unpaired) electrons. The number of amides is 1. The number of nitrogens with zero attached hydrogens (tertiary/aromatic N) is 1. The maximum atomic E-state index is 11.5. The van der Waals surface area contributed by atoms with Gasteiger partial charge in [0.1, 0.15) is 0 Å². The van der Waals surface area contributed by atoms with Gasteiger partial charge in [-0.3, -0.25) is 0 Å². The van der Waals surface area contributed by atoms with E-state index in [9.17, 15) is 4.79 Å². The largest absolute Gasteiger partial charge is 0.449 e. The summed E-state index contributed by atoms with van der Waals surface area (Å²) in [5.41, 5.74) is 0. The van der Waals surface area contributed by atoms with Crippen LogP contribution in [0, 0.1) is 5.92 Å². The summed E-state index contributed by atoms with van der Waals surface area (Å²) in [5.74, 6) is 0.413. The first-order chi connectivity index (χ1) is 6.61. The van der Waals surface area contributed by atoms with Crippen LogP contribution in [0.3, 0.4) is 0 Å². The van der Waals surface area contributed by atoms with E-state index in [1.54, 1.807) is 4.90 Å². The van der Waals surface area contributed by atoms with E-state index in [2.05, 4.69) is 0 Å². The van der Waals surface area contributed by atoms with Gasteiger partial charge >= 0.3 is 6.09 Å². The van der Waals surface area contributed by atoms with Crippen molar-refractivity contribution in [1.82, 2.24) is 4.90 Å². The molecule has 0 heterocycles. The molecule has 0 bridgehead atoms. The van der Waals surface area contributed by atoms with Gasteiger partial charge in [0.05, 0.1) is 6.61 Å². The van der Waals surface area contributed by atoms with E-state index in [4.69, 9.17) is 4.74 Å². The van der Waals surface area contributed by atoms with Crippen molar-refractivity contribution in [2.24, 2.45) is 5.92 Å². The normalized spacial score (nSPS) is 17.4. The third-order valence-corrected chi connectivity index (χ3v) is 2.70. The lowest BCUT2D eigenvalue weighted by Gasteiger charge is -2.23. The van der Waals surface area contributed by atoms with Crippen molar-refractivity contribution in [3.8, 4) is 0 Å². The predicted octanol–water partition coefficient (Wildman–Crippen LogP) is 2.65. The minimum atomic E-state index is -0.161. The third-order valence-electron chi connectivity index (χ3n) is 2.70. The van der Waals surface area contributed by atoms with Crippen LogP contribution in [0.5, 0.6) is 0 Å². The van der Waals surface area contributed by atoms with Gasteiger partial charge in [-0.15, -0.1) is 0 Å². The van der Waals surface area contributed by atoms with Gasteiger partial charge in [0.2, 0.25) is 0 Å². The van der Waals surface area contributed by atoms with Crippen LogP contribution in [0.25, 0.3) is 0 Å². The Morgan fingerprint density at radius 1 is 1.43 bits per heavy atom. The highest BCUT2D eigenvalue weighted by Gasteiger charge is 2.24. The Hall–Kier alpha value is -0.730. The first-order valence-corrected chi connectivity index (χ1v) is 5.51. The molecule has 0 N–H and O–H groups in total. The minimum absolute atomic E-state index is 0.161. The van der Waals surface area contributed by atoms with Gasteiger partial charge in [0, 0.05) is 13.1 Å².